The molecule has 0 heterocycles. The smallest absolute Gasteiger partial charge is 0.170 e. The summed E-state index contributed by atoms with van der Waals surface area (Å²) < 4.78 is 12.3. The molecule has 166 valence electrons. The topological polar surface area (TPSA) is 50.7 Å². The number of hydrogen-bond donors (Lipinski definition) is 2. The third-order valence-electron chi connectivity index (χ3n) is 4.61. The molecule has 1 unspecified atom stereocenters. The van der Waals surface area contributed by atoms with Crippen molar-refractivity contribution >= 4 is 12.4 Å². The van der Waals surface area contributed by atoms with E-state index in [0.29, 0.717) is 18.0 Å². The molecule has 3 aromatic carbocycles. The number of hydrogen-bond acceptors (Lipinski definition) is 4. The average molecular weight is 442 g/mol. The molecule has 3 aromatic rings. The molecule has 1 atom stereocenters. The van der Waals surface area contributed by atoms with Gasteiger partial charge in [0.15, 0.2) is 11.5 Å². The summed E-state index contributed by atoms with van der Waals surface area (Å²) >= 11 is 0. The second-order valence-electron chi connectivity index (χ2n) is 8.69. The average Bonchev–Trinajstić information content (AvgIpc) is 2.67. The van der Waals surface area contributed by atoms with Gasteiger partial charge in [0.25, 0.3) is 0 Å². The van der Waals surface area contributed by atoms with Crippen LogP contribution in [0.1, 0.15) is 43.6 Å². The standard InChI is InChI=1S/C26H31NO3.ClH/c1-18-8-6-10-21(14-18)29-24-13-12-20(23(28)17-27-26(3,4)5)16-25(24)30-22-11-7-9-19(2)15-22;/h6-16,23,27-28H,17H2,1-5H3;1H. The highest BCUT2D eigenvalue weighted by Gasteiger charge is 2.17. The number of aliphatic hydroxyl groups excluding tert-OH is 1. The minimum absolute atomic E-state index is 0. The Morgan fingerprint density at radius 2 is 1.35 bits per heavy atom. The molecule has 0 bridgehead atoms. The Bertz CT molecular complexity index is 998. The second-order valence-corrected chi connectivity index (χ2v) is 8.69. The van der Waals surface area contributed by atoms with Gasteiger partial charge in [-0.2, -0.15) is 0 Å². The molecular weight excluding hydrogens is 410 g/mol. The van der Waals surface area contributed by atoms with Crippen LogP contribution in [0, 0.1) is 13.8 Å². The number of halogens is 1. The van der Waals surface area contributed by atoms with Crippen molar-refractivity contribution in [2.24, 2.45) is 0 Å². The van der Waals surface area contributed by atoms with Crippen molar-refractivity contribution in [3.05, 3.63) is 83.4 Å². The van der Waals surface area contributed by atoms with Gasteiger partial charge in [0, 0.05) is 12.1 Å². The Morgan fingerprint density at radius 3 is 1.87 bits per heavy atom. The van der Waals surface area contributed by atoms with Crippen molar-refractivity contribution in [1.82, 2.24) is 5.32 Å². The predicted molar refractivity (Wildman–Crippen MR) is 129 cm³/mol. The number of ether oxygens (including phenoxy) is 2. The Hall–Kier alpha value is -2.53. The fourth-order valence-electron chi connectivity index (χ4n) is 3.03. The predicted octanol–water partition coefficient (Wildman–Crippen LogP) is 6.73. The molecule has 5 heteroatoms. The molecule has 31 heavy (non-hydrogen) atoms. The maximum absolute atomic E-state index is 10.7. The van der Waals surface area contributed by atoms with Gasteiger partial charge in [0.05, 0.1) is 6.10 Å². The summed E-state index contributed by atoms with van der Waals surface area (Å²) in [4.78, 5) is 0. The molecule has 0 aliphatic heterocycles. The Balaban J connectivity index is 0.00000341. The van der Waals surface area contributed by atoms with Crippen LogP contribution in [0.4, 0.5) is 0 Å². The minimum atomic E-state index is -0.655. The van der Waals surface area contributed by atoms with Crippen molar-refractivity contribution in [2.75, 3.05) is 6.54 Å². The van der Waals surface area contributed by atoms with Gasteiger partial charge in [-0.15, -0.1) is 12.4 Å². The van der Waals surface area contributed by atoms with Gasteiger partial charge in [-0.05, 0) is 87.7 Å². The van der Waals surface area contributed by atoms with Gasteiger partial charge < -0.3 is 19.9 Å². The Labute approximate surface area is 191 Å². The summed E-state index contributed by atoms with van der Waals surface area (Å²) in [6.45, 7) is 10.7. The van der Waals surface area contributed by atoms with Gasteiger partial charge in [0.1, 0.15) is 11.5 Å². The zero-order valence-corrected chi connectivity index (χ0v) is 19.6. The van der Waals surface area contributed by atoms with E-state index in [4.69, 9.17) is 9.47 Å². The van der Waals surface area contributed by atoms with E-state index >= 15 is 0 Å². The molecule has 0 spiro atoms. The van der Waals surface area contributed by atoms with Crippen molar-refractivity contribution in [3.8, 4) is 23.0 Å². The van der Waals surface area contributed by atoms with E-state index in [0.717, 1.165) is 28.2 Å². The van der Waals surface area contributed by atoms with E-state index in [2.05, 4.69) is 26.1 Å². The fraction of sp³-hybridized carbons (Fsp3) is 0.308. The number of aliphatic hydroxyl groups is 1. The van der Waals surface area contributed by atoms with Crippen molar-refractivity contribution in [2.45, 2.75) is 46.3 Å². The van der Waals surface area contributed by atoms with E-state index in [-0.39, 0.29) is 17.9 Å². The van der Waals surface area contributed by atoms with Crippen LogP contribution in [0.2, 0.25) is 0 Å². The summed E-state index contributed by atoms with van der Waals surface area (Å²) in [5.74, 6) is 2.63. The van der Waals surface area contributed by atoms with Gasteiger partial charge in [-0.25, -0.2) is 0 Å². The molecule has 4 nitrogen and oxygen atoms in total. The van der Waals surface area contributed by atoms with Crippen LogP contribution in [0.25, 0.3) is 0 Å². The zero-order chi connectivity index (χ0) is 21.7. The van der Waals surface area contributed by atoms with Gasteiger partial charge in [-0.1, -0.05) is 30.3 Å². The Kier molecular flexibility index (Phi) is 8.52. The van der Waals surface area contributed by atoms with E-state index in [1.807, 2.05) is 80.6 Å². The lowest BCUT2D eigenvalue weighted by Gasteiger charge is -2.23. The van der Waals surface area contributed by atoms with Crippen molar-refractivity contribution in [3.63, 3.8) is 0 Å². The lowest BCUT2D eigenvalue weighted by atomic mass is 10.1. The molecule has 0 aromatic heterocycles. The maximum Gasteiger partial charge on any atom is 0.170 e. The molecule has 0 amide bonds. The highest BCUT2D eigenvalue weighted by atomic mass is 35.5. The van der Waals surface area contributed by atoms with Crippen LogP contribution < -0.4 is 14.8 Å². The molecule has 3 rings (SSSR count). The number of nitrogens with one attached hydrogen (secondary N) is 1. The molecule has 0 aliphatic carbocycles. The first kappa shape index (κ1) is 24.7. The lowest BCUT2D eigenvalue weighted by Crippen LogP contribution is -2.38. The molecular formula is C26H32ClNO3. The number of aryl methyl sites for hydroxylation is 2. The second kappa shape index (κ2) is 10.7. The largest absolute Gasteiger partial charge is 0.453 e. The van der Waals surface area contributed by atoms with Gasteiger partial charge >= 0.3 is 0 Å². The molecule has 0 fully saturated rings. The van der Waals surface area contributed by atoms with Crippen molar-refractivity contribution in [1.29, 1.82) is 0 Å². The first-order chi connectivity index (χ1) is 14.2. The van der Waals surface area contributed by atoms with E-state index in [1.165, 1.54) is 0 Å². The maximum atomic E-state index is 10.7. The zero-order valence-electron chi connectivity index (χ0n) is 18.8. The summed E-state index contributed by atoms with van der Waals surface area (Å²) in [5.41, 5.74) is 2.93. The quantitative estimate of drug-likeness (QED) is 0.426. The third-order valence-corrected chi connectivity index (χ3v) is 4.61. The molecule has 0 aliphatic rings. The number of rotatable bonds is 7. The summed E-state index contributed by atoms with van der Waals surface area (Å²) in [7, 11) is 0. The van der Waals surface area contributed by atoms with Crippen LogP contribution in [0.15, 0.2) is 66.7 Å². The van der Waals surface area contributed by atoms with Crippen LogP contribution in [0.5, 0.6) is 23.0 Å². The highest BCUT2D eigenvalue weighted by Crippen LogP contribution is 2.37. The third kappa shape index (κ3) is 7.59. The number of benzene rings is 3. The van der Waals surface area contributed by atoms with E-state index in [1.54, 1.807) is 0 Å². The van der Waals surface area contributed by atoms with Crippen LogP contribution in [-0.4, -0.2) is 17.2 Å². The minimum Gasteiger partial charge on any atom is -0.453 e. The molecule has 0 radical (unpaired) electrons. The molecule has 0 saturated carbocycles. The highest BCUT2D eigenvalue weighted by molar-refractivity contribution is 5.85. The summed E-state index contributed by atoms with van der Waals surface area (Å²) in [5, 5.41) is 14.0. The van der Waals surface area contributed by atoms with Gasteiger partial charge in [0.2, 0.25) is 0 Å². The molecule has 2 N–H and O–H groups in total. The van der Waals surface area contributed by atoms with E-state index < -0.39 is 6.10 Å². The fourth-order valence-corrected chi connectivity index (χ4v) is 3.03. The van der Waals surface area contributed by atoms with Crippen molar-refractivity contribution < 1.29 is 14.6 Å². The lowest BCUT2D eigenvalue weighted by molar-refractivity contribution is 0.163. The van der Waals surface area contributed by atoms with E-state index in [9.17, 15) is 5.11 Å². The summed E-state index contributed by atoms with van der Waals surface area (Å²) in [6, 6.07) is 21.3. The van der Waals surface area contributed by atoms with Crippen LogP contribution in [-0.2, 0) is 0 Å². The Morgan fingerprint density at radius 1 is 0.806 bits per heavy atom. The van der Waals surface area contributed by atoms with Crippen LogP contribution >= 0.6 is 12.4 Å². The first-order valence-electron chi connectivity index (χ1n) is 10.3. The molecule has 0 saturated heterocycles. The normalized spacial score (nSPS) is 12.1. The monoisotopic (exact) mass is 441 g/mol. The van der Waals surface area contributed by atoms with Crippen LogP contribution in [0.3, 0.4) is 0 Å². The SMILES string of the molecule is Cc1cccc(Oc2ccc(C(O)CNC(C)(C)C)cc2Oc2cccc(C)c2)c1.Cl. The first-order valence-corrected chi connectivity index (χ1v) is 10.3. The summed E-state index contributed by atoms with van der Waals surface area (Å²) in [6.07, 6.45) is -0.655. The number of β-amino-alcohol motifs (C(OH)–C–C–N with tert-alkyl or cyclic N) is 1. The van der Waals surface area contributed by atoms with Gasteiger partial charge in [-0.3, -0.25) is 0 Å².